The Morgan fingerprint density at radius 1 is 1.62 bits per heavy atom. The Morgan fingerprint density at radius 2 is 2.25 bits per heavy atom. The van der Waals surface area contributed by atoms with Crippen molar-refractivity contribution in [2.45, 2.75) is 12.8 Å². The monoisotopic (exact) mass is 233 g/mol. The van der Waals surface area contributed by atoms with Crippen LogP contribution >= 0.6 is 0 Å². The van der Waals surface area contributed by atoms with Crippen molar-refractivity contribution in [2.75, 3.05) is 7.11 Å². The van der Waals surface area contributed by atoms with Crippen molar-refractivity contribution in [3.63, 3.8) is 0 Å². The summed E-state index contributed by atoms with van der Waals surface area (Å²) in [5.41, 5.74) is -0.791. The smallest absolute Gasteiger partial charge is 0.309 e. The highest BCUT2D eigenvalue weighted by atomic mass is 19.3. The molecule has 1 heterocycles. The van der Waals surface area contributed by atoms with Crippen LogP contribution in [0.3, 0.4) is 0 Å². The normalized spacial score (nSPS) is 10.5. The van der Waals surface area contributed by atoms with E-state index in [1.54, 1.807) is 0 Å². The highest BCUT2D eigenvalue weighted by Gasteiger charge is 2.20. The van der Waals surface area contributed by atoms with E-state index in [1.165, 1.54) is 0 Å². The fourth-order valence-corrected chi connectivity index (χ4v) is 1.14. The molecule has 0 spiro atoms. The number of nitrogens with zero attached hydrogens (tertiary/aromatic N) is 1. The third-order valence-electron chi connectivity index (χ3n) is 1.80. The Hall–Kier alpha value is -1.92. The number of carboxylic acid groups (broad SMARTS) is 1. The van der Waals surface area contributed by atoms with Crippen molar-refractivity contribution in [2.24, 2.45) is 0 Å². The molecular formula is C9H9F2NO4. The number of aromatic hydroxyl groups is 1. The summed E-state index contributed by atoms with van der Waals surface area (Å²) in [7, 11) is 1.14. The van der Waals surface area contributed by atoms with E-state index in [0.717, 1.165) is 13.2 Å². The minimum atomic E-state index is -2.93. The number of carboxylic acids is 1. The van der Waals surface area contributed by atoms with E-state index < -0.39 is 36.0 Å². The Kier molecular flexibility index (Phi) is 3.60. The minimum absolute atomic E-state index is 0.0996. The number of rotatable bonds is 4. The highest BCUT2D eigenvalue weighted by Crippen LogP contribution is 2.35. The van der Waals surface area contributed by atoms with Gasteiger partial charge in [0.2, 0.25) is 0 Å². The molecular weight excluding hydrogens is 224 g/mol. The SMILES string of the molecule is COc1nc(CC(=O)O)cc(C(F)F)c1O. The van der Waals surface area contributed by atoms with Crippen LogP contribution in [0.1, 0.15) is 17.7 Å². The molecule has 0 aliphatic rings. The number of carbonyl (C=O) groups is 1. The zero-order valence-corrected chi connectivity index (χ0v) is 8.28. The van der Waals surface area contributed by atoms with Gasteiger partial charge in [0.25, 0.3) is 12.3 Å². The number of aromatic nitrogens is 1. The molecule has 0 saturated heterocycles. The minimum Gasteiger partial charge on any atom is -0.503 e. The molecule has 2 N–H and O–H groups in total. The van der Waals surface area contributed by atoms with Crippen LogP contribution in [0.4, 0.5) is 8.78 Å². The van der Waals surface area contributed by atoms with Gasteiger partial charge in [-0.15, -0.1) is 0 Å². The lowest BCUT2D eigenvalue weighted by molar-refractivity contribution is -0.136. The second-order valence-electron chi connectivity index (χ2n) is 2.93. The molecule has 16 heavy (non-hydrogen) atoms. The Bertz CT molecular complexity index is 409. The summed E-state index contributed by atoms with van der Waals surface area (Å²) in [6, 6.07) is 0.844. The molecule has 7 heteroatoms. The lowest BCUT2D eigenvalue weighted by atomic mass is 10.2. The summed E-state index contributed by atoms with van der Waals surface area (Å²) in [4.78, 5) is 14.0. The first kappa shape index (κ1) is 12.2. The van der Waals surface area contributed by atoms with Gasteiger partial charge in [-0.3, -0.25) is 4.79 Å². The molecule has 0 amide bonds. The summed E-state index contributed by atoms with van der Waals surface area (Å²) in [5.74, 6) is -2.39. The summed E-state index contributed by atoms with van der Waals surface area (Å²) in [6.07, 6.45) is -3.44. The van der Waals surface area contributed by atoms with Crippen LogP contribution < -0.4 is 4.74 Å². The number of ether oxygens (including phenoxy) is 1. The quantitative estimate of drug-likeness (QED) is 0.820. The maximum atomic E-state index is 12.5. The van der Waals surface area contributed by atoms with Crippen molar-refractivity contribution in [3.05, 3.63) is 17.3 Å². The third-order valence-corrected chi connectivity index (χ3v) is 1.80. The lowest BCUT2D eigenvalue weighted by Gasteiger charge is -2.09. The first-order valence-corrected chi connectivity index (χ1v) is 4.22. The zero-order chi connectivity index (χ0) is 12.3. The number of pyridine rings is 1. The second kappa shape index (κ2) is 4.73. The van der Waals surface area contributed by atoms with E-state index in [0.29, 0.717) is 0 Å². The van der Waals surface area contributed by atoms with Crippen molar-refractivity contribution in [3.8, 4) is 11.6 Å². The van der Waals surface area contributed by atoms with E-state index in [4.69, 9.17) is 5.11 Å². The molecule has 0 bridgehead atoms. The van der Waals surface area contributed by atoms with Gasteiger partial charge in [0.05, 0.1) is 24.8 Å². The van der Waals surface area contributed by atoms with Gasteiger partial charge in [-0.2, -0.15) is 0 Å². The summed E-state index contributed by atoms with van der Waals surface area (Å²) in [5, 5.41) is 17.8. The number of methoxy groups -OCH3 is 1. The van der Waals surface area contributed by atoms with Gasteiger partial charge in [-0.05, 0) is 6.07 Å². The van der Waals surface area contributed by atoms with Gasteiger partial charge < -0.3 is 14.9 Å². The summed E-state index contributed by atoms with van der Waals surface area (Å²) < 4.78 is 29.5. The molecule has 0 unspecified atom stereocenters. The average Bonchev–Trinajstić information content (AvgIpc) is 2.19. The van der Waals surface area contributed by atoms with Gasteiger partial charge in [-0.1, -0.05) is 0 Å². The molecule has 1 rings (SSSR count). The van der Waals surface area contributed by atoms with Crippen molar-refractivity contribution in [1.82, 2.24) is 4.98 Å². The predicted molar refractivity (Wildman–Crippen MR) is 48.8 cm³/mol. The molecule has 0 aliphatic carbocycles. The number of halogens is 2. The van der Waals surface area contributed by atoms with Crippen LogP contribution in [0.5, 0.6) is 11.6 Å². The fraction of sp³-hybridized carbons (Fsp3) is 0.333. The van der Waals surface area contributed by atoms with Crippen LogP contribution in [0.25, 0.3) is 0 Å². The van der Waals surface area contributed by atoms with E-state index in [9.17, 15) is 18.7 Å². The molecule has 1 aromatic rings. The van der Waals surface area contributed by atoms with Gasteiger partial charge in [0.1, 0.15) is 0 Å². The van der Waals surface area contributed by atoms with E-state index in [2.05, 4.69) is 9.72 Å². The maximum absolute atomic E-state index is 12.5. The summed E-state index contributed by atoms with van der Waals surface area (Å²) in [6.45, 7) is 0. The van der Waals surface area contributed by atoms with Crippen molar-refractivity contribution < 1.29 is 28.5 Å². The predicted octanol–water partition coefficient (Wildman–Crippen LogP) is 1.36. The molecule has 0 fully saturated rings. The van der Waals surface area contributed by atoms with Crippen molar-refractivity contribution >= 4 is 5.97 Å². The summed E-state index contributed by atoms with van der Waals surface area (Å²) >= 11 is 0. The van der Waals surface area contributed by atoms with E-state index >= 15 is 0 Å². The first-order chi connectivity index (χ1) is 7.45. The molecule has 0 saturated carbocycles. The first-order valence-electron chi connectivity index (χ1n) is 4.22. The Balaban J connectivity index is 3.22. The Labute approximate surface area is 89.3 Å². The molecule has 0 aliphatic heterocycles. The van der Waals surface area contributed by atoms with Gasteiger partial charge in [-0.25, -0.2) is 13.8 Å². The molecule has 0 aromatic carbocycles. The van der Waals surface area contributed by atoms with Crippen LogP contribution in [0.15, 0.2) is 6.07 Å². The maximum Gasteiger partial charge on any atom is 0.309 e. The Morgan fingerprint density at radius 3 is 2.69 bits per heavy atom. The molecule has 0 atom stereocenters. The zero-order valence-electron chi connectivity index (χ0n) is 8.28. The van der Waals surface area contributed by atoms with Crippen molar-refractivity contribution in [1.29, 1.82) is 0 Å². The van der Waals surface area contributed by atoms with Crippen LogP contribution in [-0.4, -0.2) is 28.3 Å². The number of hydrogen-bond donors (Lipinski definition) is 2. The molecule has 0 radical (unpaired) electrons. The number of aliphatic carboxylic acids is 1. The van der Waals surface area contributed by atoms with Gasteiger partial charge in [0, 0.05) is 0 Å². The fourth-order valence-electron chi connectivity index (χ4n) is 1.14. The van der Waals surface area contributed by atoms with Gasteiger partial charge in [0.15, 0.2) is 5.75 Å². The largest absolute Gasteiger partial charge is 0.503 e. The van der Waals surface area contributed by atoms with E-state index in [-0.39, 0.29) is 5.69 Å². The number of hydrogen-bond acceptors (Lipinski definition) is 4. The number of alkyl halides is 2. The lowest BCUT2D eigenvalue weighted by Crippen LogP contribution is -2.05. The highest BCUT2D eigenvalue weighted by molar-refractivity contribution is 5.69. The molecule has 5 nitrogen and oxygen atoms in total. The average molecular weight is 233 g/mol. The van der Waals surface area contributed by atoms with Crippen LogP contribution in [0.2, 0.25) is 0 Å². The third kappa shape index (κ3) is 2.56. The standard InChI is InChI=1S/C9H9F2NO4/c1-16-9-7(15)5(8(10)11)2-4(12-9)3-6(13)14/h2,8,15H,3H2,1H3,(H,13,14). The molecule has 88 valence electrons. The topological polar surface area (TPSA) is 79.7 Å². The molecule has 1 aromatic heterocycles. The van der Waals surface area contributed by atoms with E-state index in [1.807, 2.05) is 0 Å². The van der Waals surface area contributed by atoms with Crippen LogP contribution in [0, 0.1) is 0 Å². The second-order valence-corrected chi connectivity index (χ2v) is 2.93. The van der Waals surface area contributed by atoms with Gasteiger partial charge >= 0.3 is 5.97 Å². The van der Waals surface area contributed by atoms with Crippen LogP contribution in [-0.2, 0) is 11.2 Å².